The zero-order valence-electron chi connectivity index (χ0n) is 25.7. The van der Waals surface area contributed by atoms with E-state index in [1.807, 2.05) is 13.8 Å². The lowest BCUT2D eigenvalue weighted by Crippen LogP contribution is -2.58. The molecule has 0 bridgehead atoms. The number of hydrogen-bond donors (Lipinski definition) is 3. The van der Waals surface area contributed by atoms with Crippen LogP contribution in [0.15, 0.2) is 12.7 Å². The Kier molecular flexibility index (Phi) is 12.8. The van der Waals surface area contributed by atoms with Crippen LogP contribution < -0.4 is 16.0 Å². The fourth-order valence-corrected chi connectivity index (χ4v) is 5.44. The van der Waals surface area contributed by atoms with Crippen molar-refractivity contribution in [2.24, 2.45) is 17.3 Å². The molecule has 1 aliphatic carbocycles. The van der Waals surface area contributed by atoms with Crippen LogP contribution in [-0.2, 0) is 28.7 Å². The summed E-state index contributed by atoms with van der Waals surface area (Å²) in [5, 5.41) is 7.56. The number of hydrogen-bond acceptors (Lipinski definition) is 7. The molecule has 11 nitrogen and oxygen atoms in total. The van der Waals surface area contributed by atoms with Crippen molar-refractivity contribution in [3.05, 3.63) is 12.7 Å². The smallest absolute Gasteiger partial charge is 0.408 e. The highest BCUT2D eigenvalue weighted by Crippen LogP contribution is 2.64. The minimum absolute atomic E-state index is 0.0570. The Morgan fingerprint density at radius 2 is 1.71 bits per heavy atom. The first-order chi connectivity index (χ1) is 19.2. The Balaban J connectivity index is 2.08. The molecule has 4 atom stereocenters. The van der Waals surface area contributed by atoms with Crippen LogP contribution in [-0.4, -0.2) is 85.0 Å². The lowest BCUT2D eigenvalue weighted by molar-refractivity contribution is -0.143. The molecule has 232 valence electrons. The van der Waals surface area contributed by atoms with Crippen molar-refractivity contribution in [2.75, 3.05) is 32.8 Å². The summed E-state index contributed by atoms with van der Waals surface area (Å²) in [4.78, 5) is 65.3. The van der Waals surface area contributed by atoms with Gasteiger partial charge in [-0.15, -0.1) is 6.58 Å². The number of Topliss-reactive ketones (excluding diaryl/α,β-unsaturated/α-hetero) is 1. The molecule has 0 unspecified atom stereocenters. The first kappa shape index (κ1) is 34.3. The van der Waals surface area contributed by atoms with Crippen LogP contribution in [0.3, 0.4) is 0 Å². The van der Waals surface area contributed by atoms with Gasteiger partial charge in [0, 0.05) is 19.7 Å². The zero-order chi connectivity index (χ0) is 30.8. The summed E-state index contributed by atoms with van der Waals surface area (Å²) in [6.45, 7) is 15.3. The molecule has 0 spiro atoms. The van der Waals surface area contributed by atoms with E-state index < -0.39 is 53.8 Å². The number of rotatable bonds is 17. The van der Waals surface area contributed by atoms with E-state index in [2.05, 4.69) is 29.5 Å². The molecule has 0 aromatic heterocycles. The lowest BCUT2D eigenvalue weighted by Gasteiger charge is -2.33. The number of ketones is 1. The van der Waals surface area contributed by atoms with Gasteiger partial charge in [-0.1, -0.05) is 59.0 Å². The van der Waals surface area contributed by atoms with Crippen molar-refractivity contribution in [2.45, 2.75) is 97.8 Å². The highest BCUT2D eigenvalue weighted by molar-refractivity contribution is 6.37. The minimum atomic E-state index is -1.05. The number of alkyl carbamates (subject to hydrolysis) is 1. The maximum Gasteiger partial charge on any atom is 0.408 e. The van der Waals surface area contributed by atoms with Crippen LogP contribution in [0.25, 0.3) is 0 Å². The molecule has 41 heavy (non-hydrogen) atoms. The quantitative estimate of drug-likeness (QED) is 0.137. The number of nitrogens with one attached hydrogen (secondary N) is 3. The maximum absolute atomic E-state index is 13.8. The molecular formula is C30H50N4O7. The molecule has 3 N–H and O–H groups in total. The average molecular weight is 579 g/mol. The summed E-state index contributed by atoms with van der Waals surface area (Å²) in [6, 6.07) is -1.89. The van der Waals surface area contributed by atoms with Crippen LogP contribution in [0.5, 0.6) is 0 Å². The predicted octanol–water partition coefficient (Wildman–Crippen LogP) is 2.73. The van der Waals surface area contributed by atoms with Crippen LogP contribution in [0.2, 0.25) is 0 Å². The van der Waals surface area contributed by atoms with Crippen LogP contribution in [0.4, 0.5) is 4.79 Å². The van der Waals surface area contributed by atoms with Crippen molar-refractivity contribution in [3.8, 4) is 0 Å². The monoisotopic (exact) mass is 578 g/mol. The predicted molar refractivity (Wildman–Crippen MR) is 155 cm³/mol. The number of unbranched alkanes of at least 4 members (excludes halogenated alkanes) is 5. The lowest BCUT2D eigenvalue weighted by atomic mass is 9.99. The third-order valence-electron chi connectivity index (χ3n) is 7.76. The summed E-state index contributed by atoms with van der Waals surface area (Å²) in [7, 11) is 0. The number of fused-ring (bicyclic) bond motifs is 1. The van der Waals surface area contributed by atoms with Gasteiger partial charge in [0.15, 0.2) is 0 Å². The molecule has 2 fully saturated rings. The van der Waals surface area contributed by atoms with Crippen molar-refractivity contribution in [3.63, 3.8) is 0 Å². The van der Waals surface area contributed by atoms with Gasteiger partial charge >= 0.3 is 6.09 Å². The van der Waals surface area contributed by atoms with Gasteiger partial charge in [0.1, 0.15) is 17.7 Å². The van der Waals surface area contributed by atoms with E-state index in [0.717, 1.165) is 19.3 Å². The van der Waals surface area contributed by atoms with Crippen molar-refractivity contribution >= 4 is 29.6 Å². The first-order valence-corrected chi connectivity index (χ1v) is 14.8. The fourth-order valence-electron chi connectivity index (χ4n) is 5.44. The van der Waals surface area contributed by atoms with Gasteiger partial charge in [0.2, 0.25) is 17.6 Å². The minimum Gasteiger partial charge on any atom is -0.444 e. The number of likely N-dealkylation sites (tertiary alicyclic amines) is 1. The number of piperidine rings is 1. The van der Waals surface area contributed by atoms with Crippen molar-refractivity contribution in [1.82, 2.24) is 20.9 Å². The van der Waals surface area contributed by atoms with Gasteiger partial charge in [0.25, 0.3) is 5.91 Å². The third kappa shape index (κ3) is 10.1. The Labute approximate surface area is 244 Å². The van der Waals surface area contributed by atoms with E-state index in [9.17, 15) is 24.0 Å². The highest BCUT2D eigenvalue weighted by atomic mass is 16.6. The second-order valence-electron chi connectivity index (χ2n) is 12.6. The van der Waals surface area contributed by atoms with Crippen molar-refractivity contribution in [1.29, 1.82) is 0 Å². The van der Waals surface area contributed by atoms with E-state index in [1.54, 1.807) is 20.8 Å². The van der Waals surface area contributed by atoms with Gasteiger partial charge in [-0.3, -0.25) is 19.2 Å². The SMILES string of the molecule is C=CCNC(=O)C(=O)CNC(=O)[C@@H]1[C@@H]2[C@H](CN1C(=O)[C@H](COCCCCCCCC)NC(=O)OC(C)(C)C)C2(C)C. The van der Waals surface area contributed by atoms with Crippen LogP contribution in [0, 0.1) is 17.3 Å². The largest absolute Gasteiger partial charge is 0.444 e. The molecule has 1 saturated heterocycles. The number of carbonyl (C=O) groups is 5. The zero-order valence-corrected chi connectivity index (χ0v) is 25.7. The van der Waals surface area contributed by atoms with E-state index in [4.69, 9.17) is 9.47 Å². The van der Waals surface area contributed by atoms with Crippen LogP contribution >= 0.6 is 0 Å². The molecule has 2 aliphatic rings. The van der Waals surface area contributed by atoms with E-state index >= 15 is 0 Å². The van der Waals surface area contributed by atoms with Gasteiger partial charge in [-0.05, 0) is 44.4 Å². The van der Waals surface area contributed by atoms with Gasteiger partial charge in [-0.25, -0.2) is 4.79 Å². The number of amides is 4. The van der Waals surface area contributed by atoms with E-state index in [1.165, 1.54) is 30.2 Å². The summed E-state index contributed by atoms with van der Waals surface area (Å²) >= 11 is 0. The molecule has 0 aromatic rings. The molecule has 1 heterocycles. The number of ether oxygens (including phenoxy) is 2. The average Bonchev–Trinajstić information content (AvgIpc) is 3.22. The standard InChI is InChI=1S/C30H50N4O7/c1-8-10-11-12-13-14-16-40-19-21(33-28(39)41-29(3,4)5)27(38)34-18-20-23(30(20,6)7)24(34)26(37)32-17-22(35)25(36)31-15-9-2/h9,20-21,23-24H,2,8,10-19H2,1,3-7H3,(H,31,36)(H,32,37)(H,33,39)/t20-,21-,23-,24-/m0/s1. The Morgan fingerprint density at radius 1 is 1.05 bits per heavy atom. The Bertz CT molecular complexity index is 959. The summed E-state index contributed by atoms with van der Waals surface area (Å²) in [5.41, 5.74) is -0.921. The summed E-state index contributed by atoms with van der Waals surface area (Å²) < 4.78 is 11.2. The van der Waals surface area contributed by atoms with Gasteiger partial charge in [-0.2, -0.15) is 0 Å². The third-order valence-corrected chi connectivity index (χ3v) is 7.76. The molecule has 0 radical (unpaired) electrons. The second-order valence-corrected chi connectivity index (χ2v) is 12.6. The second kappa shape index (κ2) is 15.3. The molecule has 1 saturated carbocycles. The number of carbonyl (C=O) groups excluding carboxylic acids is 5. The van der Waals surface area contributed by atoms with Gasteiger partial charge < -0.3 is 30.3 Å². The molecule has 0 aromatic carbocycles. The molecule has 2 rings (SSSR count). The Morgan fingerprint density at radius 3 is 2.34 bits per heavy atom. The first-order valence-electron chi connectivity index (χ1n) is 14.8. The fraction of sp³-hybridized carbons (Fsp3) is 0.767. The van der Waals surface area contributed by atoms with Crippen LogP contribution in [0.1, 0.15) is 80.1 Å². The van der Waals surface area contributed by atoms with E-state index in [0.29, 0.717) is 13.2 Å². The molecular weight excluding hydrogens is 528 g/mol. The maximum atomic E-state index is 13.8. The molecule has 11 heteroatoms. The normalized spacial score (nSPS) is 21.3. The van der Waals surface area contributed by atoms with Gasteiger partial charge in [0.05, 0.1) is 13.2 Å². The molecule has 4 amide bonds. The topological polar surface area (TPSA) is 143 Å². The number of nitrogens with zero attached hydrogens (tertiary/aromatic N) is 1. The molecule has 1 aliphatic heterocycles. The highest BCUT2D eigenvalue weighted by Gasteiger charge is 2.69. The summed E-state index contributed by atoms with van der Waals surface area (Å²) in [5.74, 6) is -2.58. The summed E-state index contributed by atoms with van der Waals surface area (Å²) in [6.07, 6.45) is 7.25. The van der Waals surface area contributed by atoms with E-state index in [-0.39, 0.29) is 30.4 Å². The Hall–Kier alpha value is -2.95. The van der Waals surface area contributed by atoms with Crippen molar-refractivity contribution < 1.29 is 33.4 Å².